The molecule has 0 heterocycles. The summed E-state index contributed by atoms with van der Waals surface area (Å²) in [7, 11) is -4.17. The number of anilines is 1. The first-order valence-electron chi connectivity index (χ1n) is 6.57. The van der Waals surface area contributed by atoms with Crippen molar-refractivity contribution in [3.8, 4) is 0 Å². The average Bonchev–Trinajstić information content (AvgIpc) is 2.53. The molecule has 0 aromatic heterocycles. The Morgan fingerprint density at radius 3 is 2.54 bits per heavy atom. The molecule has 0 aliphatic carbocycles. The van der Waals surface area contributed by atoms with Crippen LogP contribution in [-0.4, -0.2) is 24.4 Å². The van der Waals surface area contributed by atoms with E-state index in [2.05, 4.69) is 4.72 Å². The van der Waals surface area contributed by atoms with Gasteiger partial charge in [-0.1, -0.05) is 24.3 Å². The van der Waals surface area contributed by atoms with Crippen LogP contribution in [0, 0.1) is 10.1 Å². The summed E-state index contributed by atoms with van der Waals surface area (Å²) in [5.41, 5.74) is 0.0766. The number of hydrogen-bond donors (Lipinski definition) is 2. The van der Waals surface area contributed by atoms with E-state index in [0.717, 1.165) is 18.2 Å². The van der Waals surface area contributed by atoms with E-state index in [1.807, 2.05) is 0 Å². The van der Waals surface area contributed by atoms with Gasteiger partial charge in [0.15, 0.2) is 4.90 Å². The van der Waals surface area contributed by atoms with Crippen molar-refractivity contribution in [3.63, 3.8) is 0 Å². The van der Waals surface area contributed by atoms with E-state index in [1.165, 1.54) is 36.4 Å². The van der Waals surface area contributed by atoms with Gasteiger partial charge in [-0.05, 0) is 29.8 Å². The number of rotatable bonds is 6. The lowest BCUT2D eigenvalue weighted by Crippen LogP contribution is -2.14. The van der Waals surface area contributed by atoms with Gasteiger partial charge >= 0.3 is 5.97 Å². The molecule has 0 saturated heterocycles. The molecule has 0 amide bonds. The number of para-hydroxylation sites is 1. The van der Waals surface area contributed by atoms with Crippen molar-refractivity contribution in [2.75, 3.05) is 4.72 Å². The van der Waals surface area contributed by atoms with Gasteiger partial charge in [-0.2, -0.15) is 0 Å². The fraction of sp³-hybridized carbons (Fsp3) is 0. The molecular weight excluding hydrogens is 336 g/mol. The van der Waals surface area contributed by atoms with Gasteiger partial charge in [0, 0.05) is 17.8 Å². The minimum Gasteiger partial charge on any atom is -0.478 e. The van der Waals surface area contributed by atoms with Crippen molar-refractivity contribution in [2.24, 2.45) is 0 Å². The van der Waals surface area contributed by atoms with Crippen LogP contribution < -0.4 is 4.72 Å². The summed E-state index contributed by atoms with van der Waals surface area (Å²) in [6, 6.07) is 11.0. The molecule has 124 valence electrons. The summed E-state index contributed by atoms with van der Waals surface area (Å²) in [4.78, 5) is 20.2. The molecule has 0 atom stereocenters. The highest BCUT2D eigenvalue weighted by molar-refractivity contribution is 7.92. The lowest BCUT2D eigenvalue weighted by atomic mass is 10.2. The third-order valence-electron chi connectivity index (χ3n) is 2.91. The number of benzene rings is 2. The smallest absolute Gasteiger partial charge is 0.328 e. The molecule has 0 saturated carbocycles. The first-order valence-corrected chi connectivity index (χ1v) is 8.05. The van der Waals surface area contributed by atoms with Crippen molar-refractivity contribution in [1.29, 1.82) is 0 Å². The SMILES string of the molecule is O=C(O)/C=C/c1cccc(NS(=O)(=O)c2ccccc2[N+](=O)[O-])c1. The van der Waals surface area contributed by atoms with Crippen LogP contribution in [-0.2, 0) is 14.8 Å². The molecule has 0 radical (unpaired) electrons. The van der Waals surface area contributed by atoms with Crippen LogP contribution in [0.15, 0.2) is 59.5 Å². The number of sulfonamides is 1. The normalized spacial score (nSPS) is 11.3. The summed E-state index contributed by atoms with van der Waals surface area (Å²) in [6.45, 7) is 0. The Bertz CT molecular complexity index is 921. The highest BCUT2D eigenvalue weighted by Gasteiger charge is 2.25. The van der Waals surface area contributed by atoms with Crippen LogP contribution in [0.1, 0.15) is 5.56 Å². The van der Waals surface area contributed by atoms with Gasteiger partial charge < -0.3 is 5.11 Å². The lowest BCUT2D eigenvalue weighted by molar-refractivity contribution is -0.387. The Balaban J connectivity index is 2.35. The van der Waals surface area contributed by atoms with Crippen LogP contribution in [0.2, 0.25) is 0 Å². The number of carbonyl (C=O) groups is 1. The second-order valence-electron chi connectivity index (χ2n) is 4.63. The molecule has 0 aliphatic heterocycles. The van der Waals surface area contributed by atoms with Crippen LogP contribution in [0.4, 0.5) is 11.4 Å². The van der Waals surface area contributed by atoms with Crippen molar-refractivity contribution < 1.29 is 23.2 Å². The molecule has 2 aromatic carbocycles. The topological polar surface area (TPSA) is 127 Å². The maximum absolute atomic E-state index is 12.4. The summed E-state index contributed by atoms with van der Waals surface area (Å²) in [6.07, 6.45) is 2.21. The Labute approximate surface area is 137 Å². The third-order valence-corrected chi connectivity index (χ3v) is 4.34. The van der Waals surface area contributed by atoms with Gasteiger partial charge in [0.25, 0.3) is 15.7 Å². The van der Waals surface area contributed by atoms with Crippen molar-refractivity contribution in [2.45, 2.75) is 4.90 Å². The molecular formula is C15H12N2O6S. The number of aliphatic carboxylic acids is 1. The Morgan fingerprint density at radius 1 is 1.17 bits per heavy atom. The minimum absolute atomic E-state index is 0.153. The number of nitro benzene ring substituents is 1. The monoisotopic (exact) mass is 348 g/mol. The van der Waals surface area contributed by atoms with E-state index >= 15 is 0 Å². The van der Waals surface area contributed by atoms with E-state index in [-0.39, 0.29) is 5.69 Å². The Hall–Kier alpha value is -3.20. The van der Waals surface area contributed by atoms with Gasteiger partial charge in [-0.15, -0.1) is 0 Å². The maximum atomic E-state index is 12.4. The Kier molecular flexibility index (Phi) is 4.95. The predicted octanol–water partition coefficient (Wildman–Crippen LogP) is 2.49. The fourth-order valence-corrected chi connectivity index (χ4v) is 3.14. The molecule has 0 bridgehead atoms. The lowest BCUT2D eigenvalue weighted by Gasteiger charge is -2.09. The standard InChI is InChI=1S/C15H12N2O6S/c18-15(19)9-8-11-4-3-5-12(10-11)16-24(22,23)14-7-2-1-6-13(14)17(20)21/h1-10,16H,(H,18,19)/b9-8+. The van der Waals surface area contributed by atoms with Crippen molar-refractivity contribution in [3.05, 3.63) is 70.3 Å². The zero-order valence-corrected chi connectivity index (χ0v) is 12.9. The number of nitrogens with zero attached hydrogens (tertiary/aromatic N) is 1. The summed E-state index contributed by atoms with van der Waals surface area (Å²) in [5, 5.41) is 19.6. The van der Waals surface area contributed by atoms with Crippen LogP contribution >= 0.6 is 0 Å². The van der Waals surface area contributed by atoms with Gasteiger partial charge in [0.05, 0.1) is 4.92 Å². The van der Waals surface area contributed by atoms with Gasteiger partial charge in [-0.3, -0.25) is 14.8 Å². The molecule has 0 spiro atoms. The van der Waals surface area contributed by atoms with Crippen LogP contribution in [0.5, 0.6) is 0 Å². The number of nitrogens with one attached hydrogen (secondary N) is 1. The number of hydrogen-bond acceptors (Lipinski definition) is 5. The van der Waals surface area contributed by atoms with E-state index in [1.54, 1.807) is 6.07 Å². The predicted molar refractivity (Wildman–Crippen MR) is 87.0 cm³/mol. The van der Waals surface area contributed by atoms with Gasteiger partial charge in [-0.25, -0.2) is 13.2 Å². The molecule has 0 unspecified atom stereocenters. The van der Waals surface area contributed by atoms with E-state index in [4.69, 9.17) is 5.11 Å². The first kappa shape index (κ1) is 17.2. The zero-order valence-electron chi connectivity index (χ0n) is 12.1. The molecule has 2 aromatic rings. The van der Waals surface area contributed by atoms with E-state index in [9.17, 15) is 23.3 Å². The molecule has 9 heteroatoms. The molecule has 2 rings (SSSR count). The number of nitro groups is 1. The summed E-state index contributed by atoms with van der Waals surface area (Å²) < 4.78 is 27.0. The first-order chi connectivity index (χ1) is 11.3. The molecule has 8 nitrogen and oxygen atoms in total. The highest BCUT2D eigenvalue weighted by Crippen LogP contribution is 2.25. The quantitative estimate of drug-likeness (QED) is 0.469. The largest absolute Gasteiger partial charge is 0.478 e. The van der Waals surface area contributed by atoms with Crippen LogP contribution in [0.3, 0.4) is 0 Å². The third kappa shape index (κ3) is 4.17. The maximum Gasteiger partial charge on any atom is 0.328 e. The van der Waals surface area contributed by atoms with Gasteiger partial charge in [0.2, 0.25) is 0 Å². The molecule has 24 heavy (non-hydrogen) atoms. The molecule has 2 N–H and O–H groups in total. The number of carboxylic acid groups (broad SMARTS) is 1. The molecule has 0 aliphatic rings. The van der Waals surface area contributed by atoms with E-state index < -0.39 is 31.5 Å². The van der Waals surface area contributed by atoms with Crippen molar-refractivity contribution in [1.82, 2.24) is 0 Å². The molecule has 0 fully saturated rings. The summed E-state index contributed by atoms with van der Waals surface area (Å²) >= 11 is 0. The average molecular weight is 348 g/mol. The van der Waals surface area contributed by atoms with Crippen LogP contribution in [0.25, 0.3) is 6.08 Å². The second-order valence-corrected chi connectivity index (χ2v) is 6.28. The van der Waals surface area contributed by atoms with Gasteiger partial charge in [0.1, 0.15) is 0 Å². The fourth-order valence-electron chi connectivity index (χ4n) is 1.92. The van der Waals surface area contributed by atoms with Crippen molar-refractivity contribution >= 4 is 33.4 Å². The highest BCUT2D eigenvalue weighted by atomic mass is 32.2. The Morgan fingerprint density at radius 2 is 1.88 bits per heavy atom. The van der Waals surface area contributed by atoms with E-state index in [0.29, 0.717) is 5.56 Å². The zero-order chi connectivity index (χ0) is 17.7. The number of carboxylic acids is 1. The second kappa shape index (κ2) is 6.92. The minimum atomic E-state index is -4.17. The summed E-state index contributed by atoms with van der Waals surface area (Å²) in [5.74, 6) is -1.14.